The molecule has 0 spiro atoms. The van der Waals surface area contributed by atoms with E-state index in [0.29, 0.717) is 6.42 Å². The number of nitrogens with one attached hydrogen (secondary N) is 1. The van der Waals surface area contributed by atoms with Crippen LogP contribution in [-0.4, -0.2) is 36.4 Å². The summed E-state index contributed by atoms with van der Waals surface area (Å²) in [6, 6.07) is 0.302. The number of aliphatic hydroxyl groups is 1. The van der Waals surface area contributed by atoms with Gasteiger partial charge in [0.15, 0.2) is 0 Å². The van der Waals surface area contributed by atoms with Gasteiger partial charge in [0, 0.05) is 12.1 Å². The molecule has 1 saturated heterocycles. The number of aliphatic hydroxyl groups excluding tert-OH is 1. The highest BCUT2D eigenvalue weighted by atomic mass is 16.5. The van der Waals surface area contributed by atoms with Gasteiger partial charge in [0.25, 0.3) is 0 Å². The highest BCUT2D eigenvalue weighted by molar-refractivity contribution is 5.69. The lowest BCUT2D eigenvalue weighted by molar-refractivity contribution is -0.141. The third kappa shape index (κ3) is 3.80. The molecule has 1 fully saturated rings. The lowest BCUT2D eigenvalue weighted by Gasteiger charge is -2.33. The molecule has 2 N–H and O–H groups in total. The second-order valence-electron chi connectivity index (χ2n) is 4.16. The fraction of sp³-hybridized carbons (Fsp3) is 0.909. The molecule has 88 valence electrons. The van der Waals surface area contributed by atoms with Gasteiger partial charge in [-0.05, 0) is 19.3 Å². The standard InChI is InChI=1S/C11H21NO3/c1-3-10(13)9-6-4-5-8(12-9)7-11(14)15-2/h8-10,12-13H,3-7H2,1-2H3. The summed E-state index contributed by atoms with van der Waals surface area (Å²) in [5, 5.41) is 13.0. The molecule has 15 heavy (non-hydrogen) atoms. The van der Waals surface area contributed by atoms with Gasteiger partial charge >= 0.3 is 5.97 Å². The van der Waals surface area contributed by atoms with Gasteiger partial charge in [-0.1, -0.05) is 13.3 Å². The summed E-state index contributed by atoms with van der Waals surface area (Å²) < 4.78 is 4.63. The Morgan fingerprint density at radius 2 is 2.33 bits per heavy atom. The molecule has 0 aliphatic carbocycles. The lowest BCUT2D eigenvalue weighted by atomic mass is 9.92. The highest BCUT2D eigenvalue weighted by Crippen LogP contribution is 2.18. The molecule has 1 aliphatic rings. The fourth-order valence-electron chi connectivity index (χ4n) is 2.09. The quantitative estimate of drug-likeness (QED) is 0.682. The Kier molecular flexibility index (Phi) is 5.05. The Bertz CT molecular complexity index is 208. The van der Waals surface area contributed by atoms with Gasteiger partial charge in [-0.25, -0.2) is 0 Å². The Morgan fingerprint density at radius 3 is 2.93 bits per heavy atom. The zero-order chi connectivity index (χ0) is 11.3. The van der Waals surface area contributed by atoms with Crippen molar-refractivity contribution in [3.8, 4) is 0 Å². The van der Waals surface area contributed by atoms with E-state index < -0.39 is 0 Å². The molecule has 1 aliphatic heterocycles. The van der Waals surface area contributed by atoms with Crippen molar-refractivity contribution in [1.82, 2.24) is 5.32 Å². The normalized spacial score (nSPS) is 28.5. The zero-order valence-corrected chi connectivity index (χ0v) is 9.53. The van der Waals surface area contributed by atoms with Gasteiger partial charge in [0.1, 0.15) is 0 Å². The maximum atomic E-state index is 11.1. The van der Waals surface area contributed by atoms with Crippen molar-refractivity contribution in [2.45, 2.75) is 57.2 Å². The van der Waals surface area contributed by atoms with E-state index in [0.717, 1.165) is 25.7 Å². The SMILES string of the molecule is CCC(O)C1CCCC(CC(=O)OC)N1. The van der Waals surface area contributed by atoms with Crippen molar-refractivity contribution in [2.24, 2.45) is 0 Å². The first-order valence-corrected chi connectivity index (χ1v) is 5.68. The summed E-state index contributed by atoms with van der Waals surface area (Å²) in [6.07, 6.45) is 3.90. The third-order valence-corrected chi connectivity index (χ3v) is 3.04. The maximum Gasteiger partial charge on any atom is 0.307 e. The molecule has 0 aromatic heterocycles. The van der Waals surface area contributed by atoms with E-state index in [1.54, 1.807) is 0 Å². The number of esters is 1. The van der Waals surface area contributed by atoms with Crippen LogP contribution >= 0.6 is 0 Å². The maximum absolute atomic E-state index is 11.1. The van der Waals surface area contributed by atoms with E-state index in [1.165, 1.54) is 7.11 Å². The van der Waals surface area contributed by atoms with Crippen LogP contribution in [0, 0.1) is 0 Å². The number of ether oxygens (including phenoxy) is 1. The van der Waals surface area contributed by atoms with Crippen molar-refractivity contribution >= 4 is 5.97 Å². The average molecular weight is 215 g/mol. The molecule has 0 amide bonds. The minimum Gasteiger partial charge on any atom is -0.469 e. The van der Waals surface area contributed by atoms with Crippen LogP contribution in [-0.2, 0) is 9.53 Å². The van der Waals surface area contributed by atoms with Gasteiger partial charge in [-0.3, -0.25) is 4.79 Å². The average Bonchev–Trinajstić information content (AvgIpc) is 2.28. The summed E-state index contributed by atoms with van der Waals surface area (Å²) in [6.45, 7) is 1.97. The van der Waals surface area contributed by atoms with E-state index in [-0.39, 0.29) is 24.2 Å². The Hall–Kier alpha value is -0.610. The van der Waals surface area contributed by atoms with E-state index in [4.69, 9.17) is 0 Å². The van der Waals surface area contributed by atoms with Crippen LogP contribution < -0.4 is 5.32 Å². The lowest BCUT2D eigenvalue weighted by Crippen LogP contribution is -2.49. The molecule has 0 aromatic carbocycles. The molecule has 4 heteroatoms. The number of carbonyl (C=O) groups is 1. The first-order valence-electron chi connectivity index (χ1n) is 5.68. The second kappa shape index (κ2) is 6.08. The summed E-state index contributed by atoms with van der Waals surface area (Å²) >= 11 is 0. The number of methoxy groups -OCH3 is 1. The van der Waals surface area contributed by atoms with Gasteiger partial charge in [-0.2, -0.15) is 0 Å². The molecule has 1 heterocycles. The zero-order valence-electron chi connectivity index (χ0n) is 9.53. The molecule has 1 rings (SSSR count). The van der Waals surface area contributed by atoms with E-state index in [1.807, 2.05) is 6.92 Å². The molecular weight excluding hydrogens is 194 g/mol. The van der Waals surface area contributed by atoms with Crippen LogP contribution in [0.2, 0.25) is 0 Å². The van der Waals surface area contributed by atoms with E-state index in [2.05, 4.69) is 10.1 Å². The van der Waals surface area contributed by atoms with Crippen LogP contribution in [0.4, 0.5) is 0 Å². The Morgan fingerprint density at radius 1 is 1.60 bits per heavy atom. The Labute approximate surface area is 91.0 Å². The summed E-state index contributed by atoms with van der Waals surface area (Å²) in [5.41, 5.74) is 0. The monoisotopic (exact) mass is 215 g/mol. The largest absolute Gasteiger partial charge is 0.469 e. The van der Waals surface area contributed by atoms with Crippen LogP contribution in [0.5, 0.6) is 0 Å². The smallest absolute Gasteiger partial charge is 0.307 e. The number of hydrogen-bond acceptors (Lipinski definition) is 4. The number of piperidine rings is 1. The number of hydrogen-bond donors (Lipinski definition) is 2. The predicted octanol–water partition coefficient (Wildman–Crippen LogP) is 0.831. The first kappa shape index (κ1) is 12.5. The minimum atomic E-state index is -0.301. The highest BCUT2D eigenvalue weighted by Gasteiger charge is 2.26. The molecule has 3 unspecified atom stereocenters. The summed E-state index contributed by atoms with van der Waals surface area (Å²) in [4.78, 5) is 11.1. The van der Waals surface area contributed by atoms with Crippen LogP contribution in [0.15, 0.2) is 0 Å². The van der Waals surface area contributed by atoms with Gasteiger partial charge in [0.05, 0.1) is 19.6 Å². The molecule has 0 bridgehead atoms. The van der Waals surface area contributed by atoms with Crippen molar-refractivity contribution in [3.63, 3.8) is 0 Å². The van der Waals surface area contributed by atoms with Gasteiger partial charge in [0.2, 0.25) is 0 Å². The van der Waals surface area contributed by atoms with Gasteiger partial charge in [-0.15, -0.1) is 0 Å². The molecule has 0 saturated carbocycles. The third-order valence-electron chi connectivity index (χ3n) is 3.04. The molecule has 0 radical (unpaired) electrons. The molecule has 3 atom stereocenters. The fourth-order valence-corrected chi connectivity index (χ4v) is 2.09. The van der Waals surface area contributed by atoms with Crippen molar-refractivity contribution in [3.05, 3.63) is 0 Å². The second-order valence-corrected chi connectivity index (χ2v) is 4.16. The summed E-state index contributed by atoms with van der Waals surface area (Å²) in [7, 11) is 1.41. The van der Waals surface area contributed by atoms with Crippen molar-refractivity contribution in [2.75, 3.05) is 7.11 Å². The van der Waals surface area contributed by atoms with Crippen LogP contribution in [0.25, 0.3) is 0 Å². The van der Waals surface area contributed by atoms with Crippen molar-refractivity contribution in [1.29, 1.82) is 0 Å². The molecule has 4 nitrogen and oxygen atoms in total. The summed E-state index contributed by atoms with van der Waals surface area (Å²) in [5.74, 6) is -0.181. The number of carbonyl (C=O) groups excluding carboxylic acids is 1. The van der Waals surface area contributed by atoms with E-state index in [9.17, 15) is 9.90 Å². The molecular formula is C11H21NO3. The van der Waals surface area contributed by atoms with Crippen molar-refractivity contribution < 1.29 is 14.6 Å². The topological polar surface area (TPSA) is 58.6 Å². The van der Waals surface area contributed by atoms with Crippen LogP contribution in [0.3, 0.4) is 0 Å². The Balaban J connectivity index is 2.38. The van der Waals surface area contributed by atoms with Gasteiger partial charge < -0.3 is 15.2 Å². The molecule has 0 aromatic rings. The first-order chi connectivity index (χ1) is 7.17. The van der Waals surface area contributed by atoms with E-state index >= 15 is 0 Å². The predicted molar refractivity (Wildman–Crippen MR) is 57.5 cm³/mol. The minimum absolute atomic E-state index is 0.137. The van der Waals surface area contributed by atoms with Crippen LogP contribution in [0.1, 0.15) is 39.0 Å². The number of rotatable bonds is 4.